The topological polar surface area (TPSA) is 44.2 Å². The van der Waals surface area contributed by atoms with E-state index in [1.165, 1.54) is 13.4 Å². The number of hydrogen-bond donors (Lipinski definition) is 0. The van der Waals surface area contributed by atoms with Crippen LogP contribution in [0.5, 0.6) is 17.4 Å². The highest BCUT2D eigenvalue weighted by atomic mass is 127. The van der Waals surface area contributed by atoms with Gasteiger partial charge in [0, 0.05) is 3.57 Å². The Bertz CT molecular complexity index is 537. The maximum atomic E-state index is 5.87. The van der Waals surface area contributed by atoms with Crippen LogP contribution in [-0.4, -0.2) is 17.1 Å². The first-order valence-corrected chi connectivity index (χ1v) is 6.14. The molecule has 0 N–H and O–H groups in total. The monoisotopic (exact) mass is 362 g/mol. The Morgan fingerprint density at radius 3 is 2.82 bits per heavy atom. The lowest BCUT2D eigenvalue weighted by Crippen LogP contribution is -1.95. The van der Waals surface area contributed by atoms with Crippen LogP contribution in [0, 0.1) is 3.57 Å². The fourth-order valence-corrected chi connectivity index (χ4v) is 1.94. The molecule has 0 aliphatic rings. The van der Waals surface area contributed by atoms with Crippen molar-refractivity contribution in [3.63, 3.8) is 0 Å². The first-order chi connectivity index (χ1) is 8.20. The van der Waals surface area contributed by atoms with Gasteiger partial charge in [0.15, 0.2) is 5.15 Å². The van der Waals surface area contributed by atoms with Crippen LogP contribution < -0.4 is 9.47 Å². The van der Waals surface area contributed by atoms with Gasteiger partial charge in [0.25, 0.3) is 5.88 Å². The van der Waals surface area contributed by atoms with Gasteiger partial charge in [-0.3, -0.25) is 0 Å². The van der Waals surface area contributed by atoms with Crippen LogP contribution in [0.2, 0.25) is 5.15 Å². The van der Waals surface area contributed by atoms with Crippen molar-refractivity contribution >= 4 is 34.2 Å². The number of ether oxygens (including phenoxy) is 2. The molecular formula is C11H8ClIN2O2. The number of aromatic nitrogens is 2. The summed E-state index contributed by atoms with van der Waals surface area (Å²) in [4.78, 5) is 7.81. The summed E-state index contributed by atoms with van der Waals surface area (Å²) in [5.74, 6) is 1.30. The van der Waals surface area contributed by atoms with E-state index < -0.39 is 0 Å². The van der Waals surface area contributed by atoms with Crippen LogP contribution in [0.15, 0.2) is 30.6 Å². The van der Waals surface area contributed by atoms with Crippen molar-refractivity contribution in [1.29, 1.82) is 0 Å². The summed E-state index contributed by atoms with van der Waals surface area (Å²) in [7, 11) is 1.49. The Labute approximate surface area is 117 Å². The van der Waals surface area contributed by atoms with Gasteiger partial charge >= 0.3 is 0 Å². The minimum atomic E-state index is 0.225. The highest BCUT2D eigenvalue weighted by Crippen LogP contribution is 2.33. The predicted octanol–water partition coefficient (Wildman–Crippen LogP) is 3.54. The average Bonchev–Trinajstić information content (AvgIpc) is 2.29. The Morgan fingerprint density at radius 2 is 2.12 bits per heavy atom. The third-order valence-corrected chi connectivity index (χ3v) is 2.88. The largest absolute Gasteiger partial charge is 0.489 e. The molecule has 4 nitrogen and oxygen atoms in total. The average molecular weight is 363 g/mol. The van der Waals surface area contributed by atoms with E-state index in [4.69, 9.17) is 21.1 Å². The fourth-order valence-electron chi connectivity index (χ4n) is 1.22. The zero-order valence-corrected chi connectivity index (χ0v) is 11.8. The summed E-state index contributed by atoms with van der Waals surface area (Å²) in [6.07, 6.45) is 1.33. The molecule has 0 saturated carbocycles. The molecule has 1 heterocycles. The van der Waals surface area contributed by atoms with Gasteiger partial charge in [-0.1, -0.05) is 17.7 Å². The molecule has 17 heavy (non-hydrogen) atoms. The zero-order chi connectivity index (χ0) is 12.3. The van der Waals surface area contributed by atoms with Crippen molar-refractivity contribution in [3.05, 3.63) is 39.3 Å². The third kappa shape index (κ3) is 2.98. The molecule has 0 saturated heterocycles. The van der Waals surface area contributed by atoms with Crippen molar-refractivity contribution in [3.8, 4) is 17.4 Å². The third-order valence-electron chi connectivity index (χ3n) is 1.94. The van der Waals surface area contributed by atoms with Gasteiger partial charge in [0.05, 0.1) is 7.11 Å². The second-order valence-corrected chi connectivity index (χ2v) is 4.67. The van der Waals surface area contributed by atoms with Crippen LogP contribution in [0.3, 0.4) is 0 Å². The van der Waals surface area contributed by atoms with Crippen molar-refractivity contribution in [2.45, 2.75) is 0 Å². The normalized spacial score (nSPS) is 10.1. The van der Waals surface area contributed by atoms with Crippen LogP contribution in [-0.2, 0) is 0 Å². The standard InChI is InChI=1S/C11H8ClIN2O2/c1-16-9-10(12)14-6-15-11(9)17-8-4-2-3-7(13)5-8/h2-6H,1H3. The van der Waals surface area contributed by atoms with E-state index in [-0.39, 0.29) is 5.15 Å². The molecule has 6 heteroatoms. The molecule has 0 atom stereocenters. The SMILES string of the molecule is COc1c(Cl)ncnc1Oc1cccc(I)c1. The van der Waals surface area contributed by atoms with E-state index in [0.717, 1.165) is 3.57 Å². The molecular weight excluding hydrogens is 354 g/mol. The fraction of sp³-hybridized carbons (Fsp3) is 0.0909. The maximum absolute atomic E-state index is 5.87. The van der Waals surface area contributed by atoms with Crippen molar-refractivity contribution in [2.75, 3.05) is 7.11 Å². The van der Waals surface area contributed by atoms with Crippen molar-refractivity contribution in [1.82, 2.24) is 9.97 Å². The van der Waals surface area contributed by atoms with Gasteiger partial charge in [0.1, 0.15) is 12.1 Å². The Hall–Kier alpha value is -1.08. The highest BCUT2D eigenvalue weighted by Gasteiger charge is 2.12. The molecule has 2 aromatic rings. The number of hydrogen-bond acceptors (Lipinski definition) is 4. The lowest BCUT2D eigenvalue weighted by molar-refractivity contribution is 0.367. The molecule has 1 aromatic heterocycles. The molecule has 0 aliphatic carbocycles. The maximum Gasteiger partial charge on any atom is 0.267 e. The Balaban J connectivity index is 2.33. The smallest absolute Gasteiger partial charge is 0.267 e. The van der Waals surface area contributed by atoms with Gasteiger partial charge in [0.2, 0.25) is 5.75 Å². The molecule has 0 amide bonds. The van der Waals surface area contributed by atoms with Crippen molar-refractivity contribution < 1.29 is 9.47 Å². The van der Waals surface area contributed by atoms with Crippen LogP contribution in [0.1, 0.15) is 0 Å². The quantitative estimate of drug-likeness (QED) is 0.619. The molecule has 0 spiro atoms. The second-order valence-electron chi connectivity index (χ2n) is 3.06. The highest BCUT2D eigenvalue weighted by molar-refractivity contribution is 14.1. The number of benzene rings is 1. The van der Waals surface area contributed by atoms with E-state index in [9.17, 15) is 0 Å². The van der Waals surface area contributed by atoms with Crippen LogP contribution >= 0.6 is 34.2 Å². The summed E-state index contributed by atoms with van der Waals surface area (Å²) < 4.78 is 11.8. The first-order valence-electron chi connectivity index (χ1n) is 4.68. The molecule has 0 bridgehead atoms. The van der Waals surface area contributed by atoms with E-state index in [1.807, 2.05) is 24.3 Å². The Kier molecular flexibility index (Phi) is 4.01. The lowest BCUT2D eigenvalue weighted by Gasteiger charge is -2.09. The second kappa shape index (κ2) is 5.50. The summed E-state index contributed by atoms with van der Waals surface area (Å²) in [5, 5.41) is 0.225. The molecule has 0 radical (unpaired) electrons. The summed E-state index contributed by atoms with van der Waals surface area (Å²) in [5.41, 5.74) is 0. The van der Waals surface area contributed by atoms with Crippen LogP contribution in [0.25, 0.3) is 0 Å². The summed E-state index contributed by atoms with van der Waals surface area (Å²) in [6.45, 7) is 0. The minimum Gasteiger partial charge on any atom is -0.489 e. The summed E-state index contributed by atoms with van der Waals surface area (Å²) in [6, 6.07) is 7.58. The van der Waals surface area contributed by atoms with E-state index in [2.05, 4.69) is 32.6 Å². The Morgan fingerprint density at radius 1 is 1.29 bits per heavy atom. The first kappa shape index (κ1) is 12.4. The van der Waals surface area contributed by atoms with E-state index >= 15 is 0 Å². The van der Waals surface area contributed by atoms with E-state index in [0.29, 0.717) is 17.4 Å². The molecule has 0 fully saturated rings. The number of halogens is 2. The molecule has 88 valence electrons. The molecule has 2 rings (SSSR count). The van der Waals surface area contributed by atoms with Crippen LogP contribution in [0.4, 0.5) is 0 Å². The number of nitrogens with zero attached hydrogens (tertiary/aromatic N) is 2. The molecule has 0 unspecified atom stereocenters. The van der Waals surface area contributed by atoms with Gasteiger partial charge in [-0.25, -0.2) is 4.98 Å². The minimum absolute atomic E-state index is 0.225. The predicted molar refractivity (Wildman–Crippen MR) is 72.8 cm³/mol. The van der Waals surface area contributed by atoms with Crippen molar-refractivity contribution in [2.24, 2.45) is 0 Å². The van der Waals surface area contributed by atoms with Gasteiger partial charge < -0.3 is 9.47 Å². The lowest BCUT2D eigenvalue weighted by atomic mass is 10.3. The molecule has 0 aliphatic heterocycles. The van der Waals surface area contributed by atoms with Gasteiger partial charge in [-0.15, -0.1) is 0 Å². The number of methoxy groups -OCH3 is 1. The summed E-state index contributed by atoms with van der Waals surface area (Å²) >= 11 is 8.07. The number of rotatable bonds is 3. The molecule has 1 aromatic carbocycles. The zero-order valence-electron chi connectivity index (χ0n) is 8.85. The van der Waals surface area contributed by atoms with Gasteiger partial charge in [-0.2, -0.15) is 4.98 Å². The van der Waals surface area contributed by atoms with E-state index in [1.54, 1.807) is 0 Å². The van der Waals surface area contributed by atoms with Gasteiger partial charge in [-0.05, 0) is 40.8 Å².